The Balaban J connectivity index is 1.44. The molecule has 1 aromatic heterocycles. The molecule has 3 rings (SSSR count). The van der Waals surface area contributed by atoms with Crippen LogP contribution in [0.1, 0.15) is 12.8 Å². The molecule has 0 radical (unpaired) electrons. The summed E-state index contributed by atoms with van der Waals surface area (Å²) in [6, 6.07) is 6.63. The molecule has 0 spiro atoms. The molecule has 2 heterocycles. The summed E-state index contributed by atoms with van der Waals surface area (Å²) in [6.45, 7) is 2.64. The minimum Gasteiger partial charge on any atom is -0.497 e. The van der Waals surface area contributed by atoms with Gasteiger partial charge in [0.15, 0.2) is 0 Å². The molecule has 1 aromatic carbocycles. The zero-order chi connectivity index (χ0) is 19.8. The number of urea groups is 1. The molecule has 28 heavy (non-hydrogen) atoms. The third kappa shape index (κ3) is 5.15. The topological polar surface area (TPSA) is 97.8 Å². The Morgan fingerprint density at radius 3 is 2.71 bits per heavy atom. The highest BCUT2D eigenvalue weighted by Gasteiger charge is 2.14. The van der Waals surface area contributed by atoms with Crippen LogP contribution in [0.15, 0.2) is 30.6 Å². The van der Waals surface area contributed by atoms with Crippen LogP contribution in [0.2, 0.25) is 0 Å². The molecule has 9 nitrogen and oxygen atoms in total. The second kappa shape index (κ2) is 9.63. The van der Waals surface area contributed by atoms with Crippen LogP contribution in [0, 0.1) is 0 Å². The number of carbonyl (C=O) groups excluding carboxylic acids is 1. The van der Waals surface area contributed by atoms with Gasteiger partial charge in [0.05, 0.1) is 26.5 Å². The molecule has 0 aliphatic carbocycles. The quantitative estimate of drug-likeness (QED) is 0.671. The lowest BCUT2D eigenvalue weighted by Crippen LogP contribution is -2.32. The number of anilines is 2. The largest absolute Gasteiger partial charge is 0.497 e. The highest BCUT2D eigenvalue weighted by atomic mass is 16.5. The Morgan fingerprint density at radius 1 is 1.14 bits per heavy atom. The summed E-state index contributed by atoms with van der Waals surface area (Å²) < 4.78 is 16.0. The zero-order valence-corrected chi connectivity index (χ0v) is 16.1. The van der Waals surface area contributed by atoms with Crippen molar-refractivity contribution in [1.82, 2.24) is 15.3 Å². The first-order valence-electron chi connectivity index (χ1n) is 9.16. The molecule has 0 atom stereocenters. The van der Waals surface area contributed by atoms with Crippen molar-refractivity contribution < 1.29 is 19.0 Å². The lowest BCUT2D eigenvalue weighted by Gasteiger charge is -2.16. The van der Waals surface area contributed by atoms with Gasteiger partial charge < -0.3 is 29.7 Å². The summed E-state index contributed by atoms with van der Waals surface area (Å²) >= 11 is 0. The maximum absolute atomic E-state index is 12.1. The summed E-state index contributed by atoms with van der Waals surface area (Å²) in [6.07, 6.45) is 3.86. The second-order valence-corrected chi connectivity index (χ2v) is 6.20. The van der Waals surface area contributed by atoms with Gasteiger partial charge in [-0.15, -0.1) is 0 Å². The number of ether oxygens (including phenoxy) is 3. The average molecular weight is 387 g/mol. The van der Waals surface area contributed by atoms with E-state index in [0.29, 0.717) is 36.2 Å². The first kappa shape index (κ1) is 19.5. The van der Waals surface area contributed by atoms with Gasteiger partial charge in [-0.3, -0.25) is 0 Å². The smallest absolute Gasteiger partial charge is 0.319 e. The lowest BCUT2D eigenvalue weighted by atomic mass is 10.2. The van der Waals surface area contributed by atoms with Gasteiger partial charge in [0, 0.05) is 25.2 Å². The molecule has 1 saturated heterocycles. The van der Waals surface area contributed by atoms with Gasteiger partial charge in [0.1, 0.15) is 30.3 Å². The average Bonchev–Trinajstić information content (AvgIpc) is 3.27. The van der Waals surface area contributed by atoms with E-state index in [1.54, 1.807) is 25.3 Å². The van der Waals surface area contributed by atoms with Crippen LogP contribution in [0.4, 0.5) is 16.3 Å². The number of nitrogens with one attached hydrogen (secondary N) is 2. The molecular weight excluding hydrogens is 362 g/mol. The summed E-state index contributed by atoms with van der Waals surface area (Å²) in [5.41, 5.74) is 0.549. The van der Waals surface area contributed by atoms with Crippen molar-refractivity contribution in [3.05, 3.63) is 30.6 Å². The molecular formula is C19H25N5O4. The zero-order valence-electron chi connectivity index (χ0n) is 16.1. The van der Waals surface area contributed by atoms with Crippen molar-refractivity contribution in [2.45, 2.75) is 12.8 Å². The predicted octanol–water partition coefficient (Wildman–Crippen LogP) is 2.29. The molecule has 1 aliphatic heterocycles. The number of hydrogen-bond acceptors (Lipinski definition) is 7. The fraction of sp³-hybridized carbons (Fsp3) is 0.421. The lowest BCUT2D eigenvalue weighted by molar-refractivity contribution is 0.246. The Labute approximate surface area is 164 Å². The van der Waals surface area contributed by atoms with E-state index in [2.05, 4.69) is 25.5 Å². The Kier molecular flexibility index (Phi) is 6.72. The number of carbonyl (C=O) groups is 1. The minimum atomic E-state index is -0.354. The van der Waals surface area contributed by atoms with Crippen LogP contribution >= 0.6 is 0 Å². The SMILES string of the molecule is COc1ccc(NC(=O)NCCOc2cc(N3CCCC3)ncn2)c(OC)c1. The number of benzene rings is 1. The fourth-order valence-corrected chi connectivity index (χ4v) is 2.92. The Morgan fingerprint density at radius 2 is 1.96 bits per heavy atom. The molecule has 2 N–H and O–H groups in total. The van der Waals surface area contributed by atoms with Gasteiger partial charge in [-0.25, -0.2) is 14.8 Å². The number of aromatic nitrogens is 2. The van der Waals surface area contributed by atoms with Gasteiger partial charge in [0.25, 0.3) is 0 Å². The third-order valence-corrected chi connectivity index (χ3v) is 4.35. The molecule has 2 amide bonds. The van der Waals surface area contributed by atoms with Crippen LogP contribution in [-0.2, 0) is 0 Å². The Hall–Kier alpha value is -3.23. The molecule has 0 unspecified atom stereocenters. The predicted molar refractivity (Wildman–Crippen MR) is 106 cm³/mol. The van der Waals surface area contributed by atoms with E-state index in [0.717, 1.165) is 18.9 Å². The molecule has 0 saturated carbocycles. The monoisotopic (exact) mass is 387 g/mol. The van der Waals surface area contributed by atoms with Crippen molar-refractivity contribution in [2.24, 2.45) is 0 Å². The van der Waals surface area contributed by atoms with Gasteiger partial charge in [-0.1, -0.05) is 0 Å². The number of nitrogens with zero attached hydrogens (tertiary/aromatic N) is 3. The van der Waals surface area contributed by atoms with Crippen molar-refractivity contribution >= 4 is 17.5 Å². The van der Waals surface area contributed by atoms with Crippen LogP contribution in [0.5, 0.6) is 17.4 Å². The fourth-order valence-electron chi connectivity index (χ4n) is 2.92. The van der Waals surface area contributed by atoms with Crippen LogP contribution in [0.25, 0.3) is 0 Å². The van der Waals surface area contributed by atoms with Crippen LogP contribution < -0.4 is 29.7 Å². The summed E-state index contributed by atoms with van der Waals surface area (Å²) in [7, 11) is 3.10. The van der Waals surface area contributed by atoms with Gasteiger partial charge >= 0.3 is 6.03 Å². The number of methoxy groups -OCH3 is 2. The van der Waals surface area contributed by atoms with Crippen LogP contribution in [0.3, 0.4) is 0 Å². The standard InChI is InChI=1S/C19H25N5O4/c1-26-14-5-6-15(16(11-14)27-2)23-19(25)20-7-10-28-18-12-17(21-13-22-18)24-8-3-4-9-24/h5-6,11-13H,3-4,7-10H2,1-2H3,(H2,20,23,25). The van der Waals surface area contributed by atoms with Crippen molar-refractivity contribution in [1.29, 1.82) is 0 Å². The minimum absolute atomic E-state index is 0.295. The van der Waals surface area contributed by atoms with E-state index in [-0.39, 0.29) is 6.03 Å². The molecule has 1 fully saturated rings. The van der Waals surface area contributed by atoms with Crippen molar-refractivity contribution in [3.8, 4) is 17.4 Å². The van der Waals surface area contributed by atoms with Crippen molar-refractivity contribution in [3.63, 3.8) is 0 Å². The van der Waals surface area contributed by atoms with E-state index in [1.165, 1.54) is 26.3 Å². The van der Waals surface area contributed by atoms with Crippen LogP contribution in [-0.4, -0.2) is 56.5 Å². The summed E-state index contributed by atoms with van der Waals surface area (Å²) in [4.78, 5) is 22.7. The van der Waals surface area contributed by atoms with E-state index < -0.39 is 0 Å². The third-order valence-electron chi connectivity index (χ3n) is 4.35. The Bertz CT molecular complexity index is 796. The van der Waals surface area contributed by atoms with E-state index >= 15 is 0 Å². The normalized spacial score (nSPS) is 13.1. The van der Waals surface area contributed by atoms with Crippen molar-refractivity contribution in [2.75, 3.05) is 50.7 Å². The maximum Gasteiger partial charge on any atom is 0.319 e. The summed E-state index contributed by atoms with van der Waals surface area (Å²) in [5.74, 6) is 2.53. The molecule has 150 valence electrons. The van der Waals surface area contributed by atoms with Gasteiger partial charge in [0.2, 0.25) is 5.88 Å². The molecule has 0 bridgehead atoms. The summed E-state index contributed by atoms with van der Waals surface area (Å²) in [5, 5.41) is 5.47. The number of hydrogen-bond donors (Lipinski definition) is 2. The van der Waals surface area contributed by atoms with E-state index in [1.807, 2.05) is 6.07 Å². The molecule has 2 aromatic rings. The van der Waals surface area contributed by atoms with E-state index in [4.69, 9.17) is 14.2 Å². The second-order valence-electron chi connectivity index (χ2n) is 6.20. The van der Waals surface area contributed by atoms with Gasteiger partial charge in [-0.05, 0) is 25.0 Å². The highest BCUT2D eigenvalue weighted by Crippen LogP contribution is 2.28. The number of amides is 2. The molecule has 1 aliphatic rings. The van der Waals surface area contributed by atoms with E-state index in [9.17, 15) is 4.79 Å². The number of rotatable bonds is 8. The highest BCUT2D eigenvalue weighted by molar-refractivity contribution is 5.91. The first-order chi connectivity index (χ1) is 13.7. The molecule has 9 heteroatoms. The maximum atomic E-state index is 12.1. The van der Waals surface area contributed by atoms with Gasteiger partial charge in [-0.2, -0.15) is 0 Å². The first-order valence-corrected chi connectivity index (χ1v) is 9.16.